The predicted molar refractivity (Wildman–Crippen MR) is 104 cm³/mol. The Morgan fingerprint density at radius 1 is 1.12 bits per heavy atom. The molecule has 1 aromatic carbocycles. The van der Waals surface area contributed by atoms with Crippen molar-refractivity contribution in [3.63, 3.8) is 0 Å². The van der Waals surface area contributed by atoms with Gasteiger partial charge in [0, 0.05) is 24.7 Å². The maximum atomic E-state index is 12.5. The molecule has 3 rings (SSSR count). The molecule has 1 amide bonds. The van der Waals surface area contributed by atoms with Crippen molar-refractivity contribution < 1.29 is 4.79 Å². The Morgan fingerprint density at radius 2 is 1.80 bits per heavy atom. The number of hydrogen-bond acceptors (Lipinski definition) is 3. The standard InChI is InChI=1S/C21H33N3O/c1-16-5-4-12-24(15-16)20-8-6-18(7-9-20)17(2)22-21(25)19-10-13-23(3)14-11-19/h6-9,16-17,19H,4-5,10-15H2,1-3H3,(H,22,25)/t16-,17+/m1/s1. The van der Waals surface area contributed by atoms with Crippen LogP contribution >= 0.6 is 0 Å². The van der Waals surface area contributed by atoms with E-state index in [-0.39, 0.29) is 17.9 Å². The molecule has 25 heavy (non-hydrogen) atoms. The Kier molecular flexibility index (Phi) is 6.00. The molecule has 2 saturated heterocycles. The molecule has 0 bridgehead atoms. The normalized spacial score (nSPS) is 24.1. The van der Waals surface area contributed by atoms with Crippen LogP contribution in [0.1, 0.15) is 51.1 Å². The molecule has 1 N–H and O–H groups in total. The Hall–Kier alpha value is -1.55. The number of rotatable bonds is 4. The zero-order valence-electron chi connectivity index (χ0n) is 16.0. The van der Waals surface area contributed by atoms with E-state index in [9.17, 15) is 4.79 Å². The fourth-order valence-corrected chi connectivity index (χ4v) is 4.08. The smallest absolute Gasteiger partial charge is 0.223 e. The number of anilines is 1. The number of nitrogens with zero attached hydrogens (tertiary/aromatic N) is 2. The number of amides is 1. The van der Waals surface area contributed by atoms with E-state index in [0.29, 0.717) is 0 Å². The summed E-state index contributed by atoms with van der Waals surface area (Å²) in [5, 5.41) is 3.22. The minimum Gasteiger partial charge on any atom is -0.371 e. The molecule has 0 unspecified atom stereocenters. The number of piperidine rings is 2. The monoisotopic (exact) mass is 343 g/mol. The molecule has 0 radical (unpaired) electrons. The summed E-state index contributed by atoms with van der Waals surface area (Å²) in [7, 11) is 2.13. The lowest BCUT2D eigenvalue weighted by molar-refractivity contribution is -0.127. The second kappa shape index (κ2) is 8.22. The first-order valence-electron chi connectivity index (χ1n) is 9.86. The van der Waals surface area contributed by atoms with Crippen molar-refractivity contribution in [2.75, 3.05) is 38.1 Å². The number of carbonyl (C=O) groups excluding carboxylic acids is 1. The fraction of sp³-hybridized carbons (Fsp3) is 0.667. The van der Waals surface area contributed by atoms with Gasteiger partial charge in [0.15, 0.2) is 0 Å². The van der Waals surface area contributed by atoms with E-state index >= 15 is 0 Å². The maximum absolute atomic E-state index is 12.5. The van der Waals surface area contributed by atoms with Crippen molar-refractivity contribution >= 4 is 11.6 Å². The van der Waals surface area contributed by atoms with E-state index in [1.54, 1.807) is 0 Å². The fourth-order valence-electron chi connectivity index (χ4n) is 4.08. The van der Waals surface area contributed by atoms with Gasteiger partial charge in [0.25, 0.3) is 0 Å². The van der Waals surface area contributed by atoms with Gasteiger partial charge in [-0.15, -0.1) is 0 Å². The van der Waals surface area contributed by atoms with Gasteiger partial charge in [0.2, 0.25) is 5.91 Å². The van der Waals surface area contributed by atoms with Crippen LogP contribution in [0.15, 0.2) is 24.3 Å². The van der Waals surface area contributed by atoms with Gasteiger partial charge in [-0.05, 0) is 76.4 Å². The maximum Gasteiger partial charge on any atom is 0.223 e. The van der Waals surface area contributed by atoms with Crippen LogP contribution in [-0.2, 0) is 4.79 Å². The molecular weight excluding hydrogens is 310 g/mol. The van der Waals surface area contributed by atoms with Crippen molar-refractivity contribution in [3.8, 4) is 0 Å². The molecular formula is C21H33N3O. The molecule has 1 aromatic rings. The first-order chi connectivity index (χ1) is 12.0. The minimum absolute atomic E-state index is 0.0708. The highest BCUT2D eigenvalue weighted by Crippen LogP contribution is 2.25. The van der Waals surface area contributed by atoms with Crippen molar-refractivity contribution in [1.29, 1.82) is 0 Å². The zero-order valence-corrected chi connectivity index (χ0v) is 16.0. The molecule has 0 saturated carbocycles. The molecule has 2 aliphatic heterocycles. The first-order valence-corrected chi connectivity index (χ1v) is 9.86. The summed E-state index contributed by atoms with van der Waals surface area (Å²) >= 11 is 0. The van der Waals surface area contributed by atoms with Crippen molar-refractivity contribution in [3.05, 3.63) is 29.8 Å². The molecule has 2 aliphatic rings. The van der Waals surface area contributed by atoms with Gasteiger partial charge in [-0.25, -0.2) is 0 Å². The quantitative estimate of drug-likeness (QED) is 0.910. The summed E-state index contributed by atoms with van der Waals surface area (Å²) < 4.78 is 0. The van der Waals surface area contributed by atoms with Gasteiger partial charge < -0.3 is 15.1 Å². The van der Waals surface area contributed by atoms with Crippen LogP contribution in [0.2, 0.25) is 0 Å². The van der Waals surface area contributed by atoms with E-state index in [1.807, 2.05) is 0 Å². The largest absolute Gasteiger partial charge is 0.371 e. The molecule has 2 heterocycles. The second-order valence-corrected chi connectivity index (χ2v) is 8.09. The summed E-state index contributed by atoms with van der Waals surface area (Å²) in [6, 6.07) is 8.85. The molecule has 4 heteroatoms. The van der Waals surface area contributed by atoms with Crippen LogP contribution in [0.4, 0.5) is 5.69 Å². The van der Waals surface area contributed by atoms with Gasteiger partial charge in [-0.1, -0.05) is 19.1 Å². The highest BCUT2D eigenvalue weighted by molar-refractivity contribution is 5.79. The topological polar surface area (TPSA) is 35.6 Å². The first kappa shape index (κ1) is 18.2. The third-order valence-corrected chi connectivity index (χ3v) is 5.86. The third kappa shape index (κ3) is 4.75. The average molecular weight is 344 g/mol. The van der Waals surface area contributed by atoms with Gasteiger partial charge in [0.05, 0.1) is 6.04 Å². The van der Waals surface area contributed by atoms with E-state index < -0.39 is 0 Å². The van der Waals surface area contributed by atoms with Gasteiger partial charge >= 0.3 is 0 Å². The molecule has 2 fully saturated rings. The molecule has 2 atom stereocenters. The Bertz CT molecular complexity index is 563. The lowest BCUT2D eigenvalue weighted by Gasteiger charge is -2.33. The van der Waals surface area contributed by atoms with E-state index in [4.69, 9.17) is 0 Å². The molecule has 138 valence electrons. The summed E-state index contributed by atoms with van der Waals surface area (Å²) in [4.78, 5) is 17.3. The lowest BCUT2D eigenvalue weighted by atomic mass is 9.95. The molecule has 0 aromatic heterocycles. The number of benzene rings is 1. The number of likely N-dealkylation sites (tertiary alicyclic amines) is 1. The van der Waals surface area contributed by atoms with Gasteiger partial charge in [-0.3, -0.25) is 4.79 Å². The van der Waals surface area contributed by atoms with Crippen LogP contribution in [-0.4, -0.2) is 44.0 Å². The Labute approximate surface area is 152 Å². The van der Waals surface area contributed by atoms with Crippen LogP contribution < -0.4 is 10.2 Å². The van der Waals surface area contributed by atoms with Crippen molar-refractivity contribution in [1.82, 2.24) is 10.2 Å². The SMILES string of the molecule is C[C@@H]1CCCN(c2ccc([C@H](C)NC(=O)C3CCN(C)CC3)cc2)C1. The summed E-state index contributed by atoms with van der Waals surface area (Å²) in [6.45, 7) is 8.78. The zero-order chi connectivity index (χ0) is 17.8. The minimum atomic E-state index is 0.0708. The summed E-state index contributed by atoms with van der Waals surface area (Å²) in [5.74, 6) is 1.17. The predicted octanol–water partition coefficient (Wildman–Crippen LogP) is 3.44. The summed E-state index contributed by atoms with van der Waals surface area (Å²) in [5.41, 5.74) is 2.50. The van der Waals surface area contributed by atoms with Crippen molar-refractivity contribution in [2.45, 2.75) is 45.6 Å². The Balaban J connectivity index is 1.55. The average Bonchev–Trinajstić information content (AvgIpc) is 2.62. The van der Waals surface area contributed by atoms with E-state index in [2.05, 4.69) is 60.3 Å². The van der Waals surface area contributed by atoms with E-state index in [1.165, 1.54) is 24.1 Å². The third-order valence-electron chi connectivity index (χ3n) is 5.86. The van der Waals surface area contributed by atoms with Crippen LogP contribution in [0.3, 0.4) is 0 Å². The van der Waals surface area contributed by atoms with Gasteiger partial charge in [0.1, 0.15) is 0 Å². The Morgan fingerprint density at radius 3 is 2.44 bits per heavy atom. The lowest BCUT2D eigenvalue weighted by Crippen LogP contribution is -2.39. The van der Waals surface area contributed by atoms with Crippen LogP contribution in [0.25, 0.3) is 0 Å². The number of carbonyl (C=O) groups is 1. The van der Waals surface area contributed by atoms with E-state index in [0.717, 1.165) is 44.9 Å². The molecule has 4 nitrogen and oxygen atoms in total. The number of hydrogen-bond donors (Lipinski definition) is 1. The molecule has 0 spiro atoms. The van der Waals surface area contributed by atoms with Crippen molar-refractivity contribution in [2.24, 2.45) is 11.8 Å². The molecule has 0 aliphatic carbocycles. The van der Waals surface area contributed by atoms with Gasteiger partial charge in [-0.2, -0.15) is 0 Å². The highest BCUT2D eigenvalue weighted by Gasteiger charge is 2.24. The highest BCUT2D eigenvalue weighted by atomic mass is 16.1. The van der Waals surface area contributed by atoms with Crippen LogP contribution in [0, 0.1) is 11.8 Å². The van der Waals surface area contributed by atoms with Crippen LogP contribution in [0.5, 0.6) is 0 Å². The number of nitrogens with one attached hydrogen (secondary N) is 1. The summed E-state index contributed by atoms with van der Waals surface area (Å²) in [6.07, 6.45) is 4.57. The second-order valence-electron chi connectivity index (χ2n) is 8.09.